The Kier molecular flexibility index (Phi) is 7.14. The number of rotatable bonds is 8. The van der Waals surface area contributed by atoms with Crippen LogP contribution in [0.5, 0.6) is 0 Å². The topological polar surface area (TPSA) is 24.5 Å². The van der Waals surface area contributed by atoms with E-state index < -0.39 is 0 Å². The monoisotopic (exact) mass is 216 g/mol. The van der Waals surface area contributed by atoms with Gasteiger partial charge in [-0.2, -0.15) is 0 Å². The average Bonchev–Trinajstić information content (AvgIpc) is 2.15. The van der Waals surface area contributed by atoms with Gasteiger partial charge in [-0.05, 0) is 61.3 Å². The Hall–Kier alpha value is -0.120. The Morgan fingerprint density at radius 3 is 2.40 bits per heavy atom. The summed E-state index contributed by atoms with van der Waals surface area (Å²) in [4.78, 5) is 2.20. The molecule has 0 aliphatic carbocycles. The van der Waals surface area contributed by atoms with Gasteiger partial charge in [0.2, 0.25) is 0 Å². The molecule has 0 rings (SSSR count). The van der Waals surface area contributed by atoms with E-state index in [0.717, 1.165) is 19.6 Å². The third kappa shape index (κ3) is 6.88. The molecular weight excluding hydrogens is 188 g/mol. The Balaban J connectivity index is 3.65. The molecular formula is C12H28N2O. The number of ether oxygens (including phenoxy) is 1. The Labute approximate surface area is 95.2 Å². The van der Waals surface area contributed by atoms with E-state index in [0.29, 0.717) is 6.10 Å². The zero-order valence-electron chi connectivity index (χ0n) is 11.3. The molecule has 0 radical (unpaired) electrons. The van der Waals surface area contributed by atoms with Gasteiger partial charge in [-0.25, -0.2) is 0 Å². The standard InChI is InChI=1S/C12H28N2O/c1-11(8-7-9-13-4)15-10-12(2,3)14(5)6/h11,13H,7-10H2,1-6H3. The van der Waals surface area contributed by atoms with E-state index in [1.807, 2.05) is 7.05 Å². The third-order valence-corrected chi connectivity index (χ3v) is 2.97. The molecule has 1 N–H and O–H groups in total. The number of nitrogens with one attached hydrogen (secondary N) is 1. The van der Waals surface area contributed by atoms with Crippen molar-refractivity contribution in [1.29, 1.82) is 0 Å². The van der Waals surface area contributed by atoms with E-state index in [9.17, 15) is 0 Å². The van der Waals surface area contributed by atoms with Gasteiger partial charge in [0.25, 0.3) is 0 Å². The van der Waals surface area contributed by atoms with Crippen molar-refractivity contribution in [2.24, 2.45) is 0 Å². The number of hydrogen-bond donors (Lipinski definition) is 1. The number of hydrogen-bond acceptors (Lipinski definition) is 3. The highest BCUT2D eigenvalue weighted by atomic mass is 16.5. The van der Waals surface area contributed by atoms with Crippen molar-refractivity contribution in [3.05, 3.63) is 0 Å². The quantitative estimate of drug-likeness (QED) is 0.625. The van der Waals surface area contributed by atoms with E-state index in [1.165, 1.54) is 6.42 Å². The van der Waals surface area contributed by atoms with Crippen LogP contribution in [-0.2, 0) is 4.74 Å². The van der Waals surface area contributed by atoms with Crippen LogP contribution in [-0.4, -0.2) is 50.8 Å². The summed E-state index contributed by atoms with van der Waals surface area (Å²) in [6.45, 7) is 8.42. The van der Waals surface area contributed by atoms with E-state index >= 15 is 0 Å². The highest BCUT2D eigenvalue weighted by Crippen LogP contribution is 2.12. The normalized spacial score (nSPS) is 14.6. The highest BCUT2D eigenvalue weighted by molar-refractivity contribution is 4.76. The fourth-order valence-electron chi connectivity index (χ4n) is 1.12. The first-order chi connectivity index (χ1) is 6.90. The number of nitrogens with zero attached hydrogens (tertiary/aromatic N) is 1. The molecule has 0 heterocycles. The minimum atomic E-state index is 0.122. The fraction of sp³-hybridized carbons (Fsp3) is 1.00. The molecule has 3 heteroatoms. The minimum Gasteiger partial charge on any atom is -0.377 e. The van der Waals surface area contributed by atoms with Gasteiger partial charge in [0, 0.05) is 5.54 Å². The molecule has 0 amide bonds. The smallest absolute Gasteiger partial charge is 0.0648 e. The predicted molar refractivity (Wildman–Crippen MR) is 66.3 cm³/mol. The van der Waals surface area contributed by atoms with Crippen LogP contribution in [0.4, 0.5) is 0 Å². The summed E-state index contributed by atoms with van der Waals surface area (Å²) < 4.78 is 5.85. The maximum Gasteiger partial charge on any atom is 0.0648 e. The zero-order chi connectivity index (χ0) is 11.9. The Bertz CT molecular complexity index is 158. The molecule has 3 nitrogen and oxygen atoms in total. The third-order valence-electron chi connectivity index (χ3n) is 2.97. The zero-order valence-corrected chi connectivity index (χ0v) is 11.3. The van der Waals surface area contributed by atoms with Gasteiger partial charge >= 0.3 is 0 Å². The van der Waals surface area contributed by atoms with Gasteiger partial charge < -0.3 is 15.0 Å². The lowest BCUT2D eigenvalue weighted by atomic mass is 10.1. The second kappa shape index (κ2) is 7.20. The maximum absolute atomic E-state index is 5.85. The molecule has 0 aromatic rings. The summed E-state index contributed by atoms with van der Waals surface area (Å²) in [5, 5.41) is 3.15. The predicted octanol–water partition coefficient (Wildman–Crippen LogP) is 1.73. The molecule has 0 aliphatic rings. The Morgan fingerprint density at radius 1 is 1.33 bits per heavy atom. The van der Waals surface area contributed by atoms with E-state index in [4.69, 9.17) is 4.74 Å². The van der Waals surface area contributed by atoms with Crippen molar-refractivity contribution in [3.8, 4) is 0 Å². The summed E-state index contributed by atoms with van der Waals surface area (Å²) in [5.74, 6) is 0. The van der Waals surface area contributed by atoms with Crippen LogP contribution in [0, 0.1) is 0 Å². The molecule has 0 aromatic heterocycles. The van der Waals surface area contributed by atoms with Crippen molar-refractivity contribution in [3.63, 3.8) is 0 Å². The minimum absolute atomic E-state index is 0.122. The first-order valence-electron chi connectivity index (χ1n) is 5.84. The van der Waals surface area contributed by atoms with Crippen molar-refractivity contribution < 1.29 is 4.74 Å². The summed E-state index contributed by atoms with van der Waals surface area (Å²) >= 11 is 0. The second-order valence-corrected chi connectivity index (χ2v) is 5.07. The first-order valence-corrected chi connectivity index (χ1v) is 5.84. The van der Waals surface area contributed by atoms with Gasteiger partial charge in [0.1, 0.15) is 0 Å². The Morgan fingerprint density at radius 2 is 1.93 bits per heavy atom. The van der Waals surface area contributed by atoms with Crippen LogP contribution in [0.25, 0.3) is 0 Å². The molecule has 0 bridgehead atoms. The molecule has 1 unspecified atom stereocenters. The molecule has 0 saturated heterocycles. The fourth-order valence-corrected chi connectivity index (χ4v) is 1.12. The maximum atomic E-state index is 5.85. The molecule has 0 fully saturated rings. The lowest BCUT2D eigenvalue weighted by Gasteiger charge is -2.33. The molecule has 92 valence electrons. The van der Waals surface area contributed by atoms with Crippen LogP contribution in [0.2, 0.25) is 0 Å². The molecule has 0 aromatic carbocycles. The van der Waals surface area contributed by atoms with Crippen molar-refractivity contribution in [1.82, 2.24) is 10.2 Å². The van der Waals surface area contributed by atoms with Crippen molar-refractivity contribution in [2.75, 3.05) is 34.3 Å². The summed E-state index contributed by atoms with van der Waals surface area (Å²) in [5.41, 5.74) is 0.122. The molecule has 1 atom stereocenters. The molecule has 0 saturated carbocycles. The van der Waals surface area contributed by atoms with Crippen LogP contribution in [0.3, 0.4) is 0 Å². The molecule has 0 spiro atoms. The lowest BCUT2D eigenvalue weighted by Crippen LogP contribution is -2.43. The van der Waals surface area contributed by atoms with E-state index in [1.54, 1.807) is 0 Å². The number of likely N-dealkylation sites (N-methyl/N-ethyl adjacent to an activating group) is 1. The lowest BCUT2D eigenvalue weighted by molar-refractivity contribution is -0.00738. The van der Waals surface area contributed by atoms with Crippen LogP contribution < -0.4 is 5.32 Å². The van der Waals surface area contributed by atoms with Gasteiger partial charge in [0.05, 0.1) is 12.7 Å². The summed E-state index contributed by atoms with van der Waals surface area (Å²) in [6.07, 6.45) is 2.67. The SMILES string of the molecule is CNCCCC(C)OCC(C)(C)N(C)C. The first kappa shape index (κ1) is 14.9. The highest BCUT2D eigenvalue weighted by Gasteiger charge is 2.21. The van der Waals surface area contributed by atoms with Crippen LogP contribution in [0.1, 0.15) is 33.6 Å². The van der Waals surface area contributed by atoms with Crippen molar-refractivity contribution >= 4 is 0 Å². The largest absolute Gasteiger partial charge is 0.377 e. The second-order valence-electron chi connectivity index (χ2n) is 5.07. The molecule has 0 aliphatic heterocycles. The van der Waals surface area contributed by atoms with E-state index in [2.05, 4.69) is 45.1 Å². The van der Waals surface area contributed by atoms with Gasteiger partial charge in [-0.3, -0.25) is 0 Å². The summed E-state index contributed by atoms with van der Waals surface area (Å²) in [7, 11) is 6.17. The average molecular weight is 216 g/mol. The van der Waals surface area contributed by atoms with E-state index in [-0.39, 0.29) is 5.54 Å². The summed E-state index contributed by atoms with van der Waals surface area (Å²) in [6, 6.07) is 0. The van der Waals surface area contributed by atoms with Crippen LogP contribution >= 0.6 is 0 Å². The van der Waals surface area contributed by atoms with Gasteiger partial charge in [-0.1, -0.05) is 0 Å². The van der Waals surface area contributed by atoms with Gasteiger partial charge in [-0.15, -0.1) is 0 Å². The molecule has 15 heavy (non-hydrogen) atoms. The van der Waals surface area contributed by atoms with Crippen molar-refractivity contribution in [2.45, 2.75) is 45.3 Å². The van der Waals surface area contributed by atoms with Crippen LogP contribution in [0.15, 0.2) is 0 Å². The van der Waals surface area contributed by atoms with Gasteiger partial charge in [0.15, 0.2) is 0 Å².